The molecule has 0 aromatic heterocycles. The van der Waals surface area contributed by atoms with Gasteiger partial charge in [0, 0.05) is 44.7 Å². The zero-order chi connectivity index (χ0) is 24.8. The second-order valence-corrected chi connectivity index (χ2v) is 9.50. The molecule has 35 heavy (non-hydrogen) atoms. The molecule has 1 amide bonds. The van der Waals surface area contributed by atoms with Gasteiger partial charge in [-0.15, -0.1) is 0 Å². The van der Waals surface area contributed by atoms with Crippen molar-refractivity contribution in [3.05, 3.63) is 53.3 Å². The van der Waals surface area contributed by atoms with Crippen LogP contribution < -0.4 is 14.2 Å². The minimum atomic E-state index is -0.600. The van der Waals surface area contributed by atoms with Crippen molar-refractivity contribution in [3.8, 4) is 17.2 Å². The zero-order valence-electron chi connectivity index (χ0n) is 20.8. The predicted molar refractivity (Wildman–Crippen MR) is 130 cm³/mol. The largest absolute Gasteiger partial charge is 0.497 e. The van der Waals surface area contributed by atoms with Gasteiger partial charge in [0.05, 0.1) is 26.9 Å². The first-order valence-corrected chi connectivity index (χ1v) is 12.3. The quantitative estimate of drug-likeness (QED) is 0.565. The third kappa shape index (κ3) is 6.64. The Kier molecular flexibility index (Phi) is 8.46. The number of hydrogen-bond acceptors (Lipinski definition) is 6. The summed E-state index contributed by atoms with van der Waals surface area (Å²) in [5.74, 6) is 2.03. The summed E-state index contributed by atoms with van der Waals surface area (Å²) < 4.78 is 37.1. The smallest absolute Gasteiger partial charge is 0.253 e. The van der Waals surface area contributed by atoms with Crippen molar-refractivity contribution in [1.29, 1.82) is 0 Å². The van der Waals surface area contributed by atoms with Crippen LogP contribution in [0.25, 0.3) is 0 Å². The van der Waals surface area contributed by atoms with Crippen molar-refractivity contribution < 1.29 is 28.1 Å². The highest BCUT2D eigenvalue weighted by molar-refractivity contribution is 5.81. The number of methoxy groups -OCH3 is 1. The van der Waals surface area contributed by atoms with Crippen molar-refractivity contribution in [3.63, 3.8) is 0 Å². The summed E-state index contributed by atoms with van der Waals surface area (Å²) in [7, 11) is 1.56. The van der Waals surface area contributed by atoms with Crippen LogP contribution in [0, 0.1) is 11.7 Å². The number of amides is 1. The molecule has 0 radical (unpaired) electrons. The summed E-state index contributed by atoms with van der Waals surface area (Å²) in [5.41, 5.74) is 1.53. The van der Waals surface area contributed by atoms with Crippen LogP contribution in [0.2, 0.25) is 0 Å². The molecular formula is C27H35FN2O5. The number of fused-ring (bicyclic) bond motifs is 1. The Bertz CT molecular complexity index is 1020. The molecule has 2 aromatic rings. The molecule has 2 aromatic carbocycles. The molecule has 2 aliphatic rings. The van der Waals surface area contributed by atoms with Gasteiger partial charge >= 0.3 is 0 Å². The topological polar surface area (TPSA) is 60.5 Å². The second kappa shape index (κ2) is 11.7. The fourth-order valence-corrected chi connectivity index (χ4v) is 4.44. The highest BCUT2D eigenvalue weighted by atomic mass is 19.1. The van der Waals surface area contributed by atoms with E-state index in [1.807, 2.05) is 23.1 Å². The lowest BCUT2D eigenvalue weighted by Gasteiger charge is -2.35. The number of morpholine rings is 1. The van der Waals surface area contributed by atoms with Gasteiger partial charge in [-0.25, -0.2) is 4.39 Å². The number of hydrogen-bond donors (Lipinski definition) is 0. The van der Waals surface area contributed by atoms with Gasteiger partial charge in [0.2, 0.25) is 0 Å². The molecule has 190 valence electrons. The number of ether oxygens (including phenoxy) is 4. The number of carbonyl (C=O) groups excluding carboxylic acids is 1. The summed E-state index contributed by atoms with van der Waals surface area (Å²) in [5, 5.41) is 0. The lowest BCUT2D eigenvalue weighted by Crippen LogP contribution is -2.51. The maximum absolute atomic E-state index is 14.4. The summed E-state index contributed by atoms with van der Waals surface area (Å²) in [6.45, 7) is 8.35. The summed E-state index contributed by atoms with van der Waals surface area (Å²) >= 11 is 0. The third-order valence-corrected chi connectivity index (χ3v) is 6.16. The Hall–Kier alpha value is -2.84. The van der Waals surface area contributed by atoms with Gasteiger partial charge < -0.3 is 23.8 Å². The second-order valence-electron chi connectivity index (χ2n) is 9.50. The molecule has 0 bridgehead atoms. The molecule has 1 saturated heterocycles. The van der Waals surface area contributed by atoms with Crippen LogP contribution in [0.1, 0.15) is 31.4 Å². The van der Waals surface area contributed by atoms with E-state index in [2.05, 4.69) is 18.7 Å². The molecule has 8 heteroatoms. The van der Waals surface area contributed by atoms with Gasteiger partial charge in [-0.1, -0.05) is 19.9 Å². The van der Waals surface area contributed by atoms with Gasteiger partial charge in [0.15, 0.2) is 11.5 Å². The van der Waals surface area contributed by atoms with Crippen LogP contribution in [-0.2, 0) is 22.6 Å². The Balaban J connectivity index is 1.45. The lowest BCUT2D eigenvalue weighted by molar-refractivity contribution is -0.151. The SMILES string of the molecule is COc1ccc(F)c(CN2CCOC(C(=O)N(Cc3ccc4c(c3)OCCCO4)CC(C)C)C2)c1. The molecule has 7 nitrogen and oxygen atoms in total. The average Bonchev–Trinajstić information content (AvgIpc) is 3.09. The molecule has 1 unspecified atom stereocenters. The number of benzene rings is 2. The summed E-state index contributed by atoms with van der Waals surface area (Å²) in [6, 6.07) is 10.6. The fourth-order valence-electron chi connectivity index (χ4n) is 4.44. The Morgan fingerprint density at radius 1 is 1.14 bits per heavy atom. The van der Waals surface area contributed by atoms with Crippen LogP contribution in [0.15, 0.2) is 36.4 Å². The van der Waals surface area contributed by atoms with E-state index in [1.165, 1.54) is 6.07 Å². The minimum Gasteiger partial charge on any atom is -0.497 e. The number of nitrogens with zero attached hydrogens (tertiary/aromatic N) is 2. The number of halogens is 1. The highest BCUT2D eigenvalue weighted by Crippen LogP contribution is 2.31. The molecule has 2 heterocycles. The Morgan fingerprint density at radius 3 is 2.71 bits per heavy atom. The molecule has 2 aliphatic heterocycles. The van der Waals surface area contributed by atoms with E-state index >= 15 is 0 Å². The van der Waals surface area contributed by atoms with Crippen LogP contribution in [0.3, 0.4) is 0 Å². The van der Waals surface area contributed by atoms with E-state index in [0.29, 0.717) is 69.8 Å². The first kappa shape index (κ1) is 25.3. The molecule has 0 spiro atoms. The van der Waals surface area contributed by atoms with Crippen molar-refractivity contribution in [2.24, 2.45) is 5.92 Å². The summed E-state index contributed by atoms with van der Waals surface area (Å²) in [6.07, 6.45) is 0.244. The normalized spacial score (nSPS) is 18.3. The lowest BCUT2D eigenvalue weighted by atomic mass is 10.1. The Labute approximate surface area is 206 Å². The molecular weight excluding hydrogens is 451 g/mol. The standard InChI is InChI=1S/C27H35FN2O5/c1-19(2)15-30(16-20-5-8-24-25(13-20)34-11-4-10-33-24)27(31)26-18-29(9-12-35-26)17-21-14-22(32-3)6-7-23(21)28/h5-8,13-14,19,26H,4,9-12,15-18H2,1-3H3. The van der Waals surface area contributed by atoms with Crippen molar-refractivity contribution in [2.45, 2.75) is 39.5 Å². The monoisotopic (exact) mass is 486 g/mol. The van der Waals surface area contributed by atoms with E-state index < -0.39 is 6.10 Å². The molecule has 1 atom stereocenters. The van der Waals surface area contributed by atoms with E-state index in [9.17, 15) is 9.18 Å². The number of carbonyl (C=O) groups is 1. The molecule has 0 aliphatic carbocycles. The predicted octanol–water partition coefficient (Wildman–Crippen LogP) is 3.88. The van der Waals surface area contributed by atoms with Crippen LogP contribution in [0.5, 0.6) is 17.2 Å². The Morgan fingerprint density at radius 2 is 1.94 bits per heavy atom. The molecule has 1 fully saturated rings. The fraction of sp³-hybridized carbons (Fsp3) is 0.519. The van der Waals surface area contributed by atoms with Crippen LogP contribution in [-0.4, -0.2) is 68.4 Å². The van der Waals surface area contributed by atoms with Crippen molar-refractivity contribution >= 4 is 5.91 Å². The highest BCUT2D eigenvalue weighted by Gasteiger charge is 2.31. The van der Waals surface area contributed by atoms with E-state index in [4.69, 9.17) is 18.9 Å². The maximum Gasteiger partial charge on any atom is 0.253 e. The van der Waals surface area contributed by atoms with Gasteiger partial charge in [-0.3, -0.25) is 9.69 Å². The van der Waals surface area contributed by atoms with Crippen LogP contribution >= 0.6 is 0 Å². The third-order valence-electron chi connectivity index (χ3n) is 6.16. The van der Waals surface area contributed by atoms with Crippen molar-refractivity contribution in [2.75, 3.05) is 46.6 Å². The molecule has 0 saturated carbocycles. The van der Waals surface area contributed by atoms with Crippen molar-refractivity contribution in [1.82, 2.24) is 9.80 Å². The van der Waals surface area contributed by atoms with E-state index in [-0.39, 0.29) is 11.7 Å². The first-order valence-electron chi connectivity index (χ1n) is 12.3. The van der Waals surface area contributed by atoms with Gasteiger partial charge in [0.25, 0.3) is 5.91 Å². The molecule has 4 rings (SSSR count). The number of rotatable bonds is 8. The van der Waals surface area contributed by atoms with Gasteiger partial charge in [-0.2, -0.15) is 0 Å². The maximum atomic E-state index is 14.4. The van der Waals surface area contributed by atoms with Gasteiger partial charge in [-0.05, 0) is 41.8 Å². The first-order chi connectivity index (χ1) is 16.9. The summed E-state index contributed by atoms with van der Waals surface area (Å²) in [4.78, 5) is 17.5. The van der Waals surface area contributed by atoms with Gasteiger partial charge in [0.1, 0.15) is 17.7 Å². The van der Waals surface area contributed by atoms with Crippen LogP contribution in [0.4, 0.5) is 4.39 Å². The average molecular weight is 487 g/mol. The molecule has 0 N–H and O–H groups in total. The minimum absolute atomic E-state index is 0.0541. The van der Waals surface area contributed by atoms with E-state index in [1.54, 1.807) is 19.2 Å². The zero-order valence-corrected chi connectivity index (χ0v) is 20.8. The van der Waals surface area contributed by atoms with E-state index in [0.717, 1.165) is 23.5 Å².